The van der Waals surface area contributed by atoms with Crippen LogP contribution in [0.15, 0.2) is 66.0 Å². The minimum absolute atomic E-state index is 0.622. The lowest BCUT2D eigenvalue weighted by atomic mass is 10.2. The van der Waals surface area contributed by atoms with Gasteiger partial charge in [-0.15, -0.1) is 10.2 Å². The predicted molar refractivity (Wildman–Crippen MR) is 137 cm³/mol. The van der Waals surface area contributed by atoms with Crippen LogP contribution in [0.1, 0.15) is 24.0 Å². The first-order valence-corrected chi connectivity index (χ1v) is 12.3. The Morgan fingerprint density at radius 1 is 0.914 bits per heavy atom. The van der Waals surface area contributed by atoms with Crippen molar-refractivity contribution in [2.75, 3.05) is 13.7 Å². The zero-order valence-electron chi connectivity index (χ0n) is 20.1. The molecule has 3 heterocycles. The van der Waals surface area contributed by atoms with Gasteiger partial charge in [0.1, 0.15) is 11.5 Å². The number of hydrogen-bond donors (Lipinski definition) is 0. The highest BCUT2D eigenvalue weighted by atomic mass is 32.2. The van der Waals surface area contributed by atoms with Gasteiger partial charge in [0.2, 0.25) is 5.78 Å². The Balaban J connectivity index is 1.50. The molecule has 178 valence electrons. The summed E-state index contributed by atoms with van der Waals surface area (Å²) < 4.78 is 15.0. The van der Waals surface area contributed by atoms with E-state index in [2.05, 4.69) is 32.7 Å². The summed E-state index contributed by atoms with van der Waals surface area (Å²) in [5.74, 6) is 3.72. The van der Waals surface area contributed by atoms with Crippen LogP contribution in [0.2, 0.25) is 0 Å². The molecule has 0 N–H and O–H groups in total. The molecule has 0 aliphatic carbocycles. The van der Waals surface area contributed by atoms with Crippen LogP contribution in [0, 0.1) is 13.8 Å². The zero-order chi connectivity index (χ0) is 24.4. The summed E-state index contributed by atoms with van der Waals surface area (Å²) in [6.45, 7) is 6.64. The Kier molecular flexibility index (Phi) is 6.41. The van der Waals surface area contributed by atoms with Gasteiger partial charge in [0.15, 0.2) is 11.0 Å². The molecule has 0 unspecified atom stereocenters. The molecule has 0 spiro atoms. The number of benzene rings is 2. The second kappa shape index (κ2) is 9.79. The number of imidazole rings is 1. The largest absolute Gasteiger partial charge is 0.497 e. The van der Waals surface area contributed by atoms with E-state index in [0.29, 0.717) is 18.1 Å². The SMILES string of the molecule is CCOc1ccc(-n2c(SCc3cn4c(C)cc(C)nc4n3)nnc2-c2ccc(OC)cc2)cc1. The second-order valence-corrected chi connectivity index (χ2v) is 8.97. The van der Waals surface area contributed by atoms with E-state index in [9.17, 15) is 0 Å². The third-order valence-electron chi connectivity index (χ3n) is 5.55. The van der Waals surface area contributed by atoms with Gasteiger partial charge in [0.05, 0.1) is 19.4 Å². The van der Waals surface area contributed by atoms with Crippen LogP contribution in [-0.2, 0) is 5.75 Å². The Morgan fingerprint density at radius 2 is 1.66 bits per heavy atom. The molecule has 9 heteroatoms. The van der Waals surface area contributed by atoms with Crippen molar-refractivity contribution >= 4 is 17.5 Å². The topological polar surface area (TPSA) is 79.4 Å². The van der Waals surface area contributed by atoms with Crippen molar-refractivity contribution in [3.05, 3.63) is 77.9 Å². The first-order valence-electron chi connectivity index (χ1n) is 11.3. The van der Waals surface area contributed by atoms with Crippen LogP contribution in [0.25, 0.3) is 22.9 Å². The van der Waals surface area contributed by atoms with Crippen LogP contribution in [-0.4, -0.2) is 42.8 Å². The maximum atomic E-state index is 5.62. The van der Waals surface area contributed by atoms with Crippen molar-refractivity contribution < 1.29 is 9.47 Å². The van der Waals surface area contributed by atoms with Gasteiger partial charge in [-0.1, -0.05) is 11.8 Å². The van der Waals surface area contributed by atoms with Gasteiger partial charge in [-0.05, 0) is 75.4 Å². The molecule has 0 aliphatic heterocycles. The third kappa shape index (κ3) is 4.72. The molecule has 0 saturated carbocycles. The summed E-state index contributed by atoms with van der Waals surface area (Å²) in [7, 11) is 1.66. The summed E-state index contributed by atoms with van der Waals surface area (Å²) in [6, 6.07) is 17.8. The number of ether oxygens (including phenoxy) is 2. The number of aromatic nitrogens is 6. The monoisotopic (exact) mass is 486 g/mol. The van der Waals surface area contributed by atoms with Gasteiger partial charge in [-0.2, -0.15) is 0 Å². The smallest absolute Gasteiger partial charge is 0.234 e. The second-order valence-electron chi connectivity index (χ2n) is 8.03. The summed E-state index contributed by atoms with van der Waals surface area (Å²) in [4.78, 5) is 9.26. The predicted octanol–water partition coefficient (Wildman–Crippen LogP) is 5.29. The minimum atomic E-state index is 0.622. The molecule has 0 fully saturated rings. The number of hydrogen-bond acceptors (Lipinski definition) is 7. The summed E-state index contributed by atoms with van der Waals surface area (Å²) in [5, 5.41) is 9.85. The number of thioether (sulfide) groups is 1. The van der Waals surface area contributed by atoms with Crippen LogP contribution in [0.4, 0.5) is 0 Å². The van der Waals surface area contributed by atoms with E-state index in [0.717, 1.165) is 50.8 Å². The Bertz CT molecular complexity index is 1460. The quantitative estimate of drug-likeness (QED) is 0.276. The van der Waals surface area contributed by atoms with Gasteiger partial charge in [-0.3, -0.25) is 8.97 Å². The Morgan fingerprint density at radius 3 is 2.37 bits per heavy atom. The van der Waals surface area contributed by atoms with Crippen molar-refractivity contribution in [1.82, 2.24) is 29.1 Å². The van der Waals surface area contributed by atoms with Crippen LogP contribution >= 0.6 is 11.8 Å². The molecule has 0 aliphatic rings. The molecule has 5 aromatic rings. The van der Waals surface area contributed by atoms with E-state index in [-0.39, 0.29) is 0 Å². The highest BCUT2D eigenvalue weighted by molar-refractivity contribution is 7.98. The number of fused-ring (bicyclic) bond motifs is 1. The molecule has 5 rings (SSSR count). The van der Waals surface area contributed by atoms with Crippen LogP contribution in [0.5, 0.6) is 11.5 Å². The fourth-order valence-electron chi connectivity index (χ4n) is 3.91. The van der Waals surface area contributed by atoms with E-state index >= 15 is 0 Å². The number of aryl methyl sites for hydroxylation is 2. The average molecular weight is 487 g/mol. The standard InChI is InChI=1S/C26H26N6O2S/c1-5-34-23-12-8-21(9-13-23)32-24(19-6-10-22(33-4)11-7-19)29-30-26(32)35-16-20-15-31-18(3)14-17(2)27-25(31)28-20/h6-15H,5,16H2,1-4H3. The van der Waals surface area contributed by atoms with Gasteiger partial charge in [0.25, 0.3) is 0 Å². The Labute approximate surface area is 208 Å². The average Bonchev–Trinajstić information content (AvgIpc) is 3.48. The lowest BCUT2D eigenvalue weighted by molar-refractivity contribution is 0.340. The van der Waals surface area contributed by atoms with Gasteiger partial charge in [0, 0.05) is 34.6 Å². The van der Waals surface area contributed by atoms with E-state index in [1.54, 1.807) is 18.9 Å². The van der Waals surface area contributed by atoms with E-state index in [1.165, 1.54) is 0 Å². The molecule has 3 aromatic heterocycles. The van der Waals surface area contributed by atoms with E-state index in [1.807, 2.05) is 73.0 Å². The van der Waals surface area contributed by atoms with Gasteiger partial charge < -0.3 is 9.47 Å². The van der Waals surface area contributed by atoms with Crippen LogP contribution in [0.3, 0.4) is 0 Å². The molecule has 0 atom stereocenters. The van der Waals surface area contributed by atoms with Crippen molar-refractivity contribution in [2.24, 2.45) is 0 Å². The molecule has 0 saturated heterocycles. The van der Waals surface area contributed by atoms with Gasteiger partial charge in [-0.25, -0.2) is 9.97 Å². The van der Waals surface area contributed by atoms with Crippen molar-refractivity contribution in [3.8, 4) is 28.6 Å². The highest BCUT2D eigenvalue weighted by Gasteiger charge is 2.17. The molecule has 35 heavy (non-hydrogen) atoms. The normalized spacial score (nSPS) is 11.2. The lowest BCUT2D eigenvalue weighted by Gasteiger charge is -2.11. The minimum Gasteiger partial charge on any atom is -0.497 e. The molecule has 0 bridgehead atoms. The first-order chi connectivity index (χ1) is 17.1. The number of methoxy groups -OCH3 is 1. The van der Waals surface area contributed by atoms with Crippen LogP contribution < -0.4 is 9.47 Å². The lowest BCUT2D eigenvalue weighted by Crippen LogP contribution is -2.00. The first kappa shape index (κ1) is 22.9. The summed E-state index contributed by atoms with van der Waals surface area (Å²) >= 11 is 1.59. The van der Waals surface area contributed by atoms with Crippen molar-refractivity contribution in [3.63, 3.8) is 0 Å². The molecule has 8 nitrogen and oxygen atoms in total. The van der Waals surface area contributed by atoms with Gasteiger partial charge >= 0.3 is 0 Å². The van der Waals surface area contributed by atoms with E-state index < -0.39 is 0 Å². The van der Waals surface area contributed by atoms with Crippen molar-refractivity contribution in [1.29, 1.82) is 0 Å². The highest BCUT2D eigenvalue weighted by Crippen LogP contribution is 2.31. The zero-order valence-corrected chi connectivity index (χ0v) is 20.9. The van der Waals surface area contributed by atoms with Crippen molar-refractivity contribution in [2.45, 2.75) is 31.7 Å². The fraction of sp³-hybridized carbons (Fsp3) is 0.231. The number of nitrogens with zero attached hydrogens (tertiary/aromatic N) is 6. The molecular weight excluding hydrogens is 460 g/mol. The molecule has 0 radical (unpaired) electrons. The maximum Gasteiger partial charge on any atom is 0.234 e. The maximum absolute atomic E-state index is 5.62. The third-order valence-corrected chi connectivity index (χ3v) is 6.51. The number of rotatable bonds is 8. The molecule has 0 amide bonds. The summed E-state index contributed by atoms with van der Waals surface area (Å²) in [6.07, 6.45) is 2.03. The van der Waals surface area contributed by atoms with E-state index in [4.69, 9.17) is 14.5 Å². The Hall–Kier alpha value is -3.85. The molecular formula is C26H26N6O2S. The summed E-state index contributed by atoms with van der Waals surface area (Å²) in [5.41, 5.74) is 4.90. The molecule has 2 aromatic carbocycles. The fourth-order valence-corrected chi connectivity index (χ4v) is 4.74.